The van der Waals surface area contributed by atoms with Crippen molar-refractivity contribution in [3.63, 3.8) is 0 Å². The summed E-state index contributed by atoms with van der Waals surface area (Å²) in [6.45, 7) is 4.09. The first-order valence-corrected chi connectivity index (χ1v) is 6.21. The van der Waals surface area contributed by atoms with Crippen LogP contribution in [-0.2, 0) is 11.3 Å². The molecule has 1 heterocycles. The van der Waals surface area contributed by atoms with Crippen molar-refractivity contribution in [1.29, 1.82) is 0 Å². The van der Waals surface area contributed by atoms with Crippen LogP contribution in [0.1, 0.15) is 0 Å². The number of carboxylic acid groups (broad SMARTS) is 1. The molecule has 0 atom stereocenters. The zero-order valence-corrected chi connectivity index (χ0v) is 10.3. The fourth-order valence-corrected chi connectivity index (χ4v) is 2.36. The van der Waals surface area contributed by atoms with E-state index < -0.39 is 5.97 Å². The van der Waals surface area contributed by atoms with E-state index in [-0.39, 0.29) is 11.6 Å². The van der Waals surface area contributed by atoms with Crippen LogP contribution in [0.25, 0.3) is 11.0 Å². The van der Waals surface area contributed by atoms with E-state index in [1.54, 1.807) is 16.7 Å². The Balaban J connectivity index is 2.47. The molecular formula is C12H11FN2O2S. The highest BCUT2D eigenvalue weighted by Crippen LogP contribution is 2.24. The van der Waals surface area contributed by atoms with Gasteiger partial charge in [0.15, 0.2) is 5.16 Å². The average molecular weight is 266 g/mol. The van der Waals surface area contributed by atoms with E-state index in [1.165, 1.54) is 12.1 Å². The first-order chi connectivity index (χ1) is 8.61. The van der Waals surface area contributed by atoms with E-state index in [0.29, 0.717) is 22.7 Å². The van der Waals surface area contributed by atoms with Crippen LogP contribution >= 0.6 is 11.8 Å². The van der Waals surface area contributed by atoms with E-state index in [9.17, 15) is 9.18 Å². The van der Waals surface area contributed by atoms with E-state index in [4.69, 9.17) is 5.11 Å². The van der Waals surface area contributed by atoms with Crippen LogP contribution in [0.5, 0.6) is 0 Å². The summed E-state index contributed by atoms with van der Waals surface area (Å²) in [5, 5.41) is 9.23. The van der Waals surface area contributed by atoms with Gasteiger partial charge in [-0.15, -0.1) is 6.58 Å². The highest BCUT2D eigenvalue weighted by atomic mass is 32.2. The number of aromatic nitrogens is 2. The summed E-state index contributed by atoms with van der Waals surface area (Å²) in [4.78, 5) is 14.9. The Bertz CT molecular complexity index is 609. The molecule has 0 aliphatic rings. The topological polar surface area (TPSA) is 55.1 Å². The first-order valence-electron chi connectivity index (χ1n) is 5.23. The molecule has 0 unspecified atom stereocenters. The van der Waals surface area contributed by atoms with Crippen LogP contribution in [0, 0.1) is 5.82 Å². The molecule has 94 valence electrons. The summed E-state index contributed by atoms with van der Waals surface area (Å²) in [5.74, 6) is -1.34. The minimum Gasteiger partial charge on any atom is -0.481 e. The number of carbonyl (C=O) groups is 1. The normalized spacial score (nSPS) is 10.7. The second-order valence-electron chi connectivity index (χ2n) is 3.61. The third-order valence-corrected chi connectivity index (χ3v) is 3.27. The molecule has 0 aliphatic carbocycles. The number of rotatable bonds is 5. The quantitative estimate of drug-likeness (QED) is 0.667. The van der Waals surface area contributed by atoms with Gasteiger partial charge in [0.05, 0.1) is 16.8 Å². The van der Waals surface area contributed by atoms with Gasteiger partial charge in [-0.05, 0) is 18.2 Å². The molecule has 6 heteroatoms. The Kier molecular flexibility index (Phi) is 3.66. The zero-order valence-electron chi connectivity index (χ0n) is 9.47. The fourth-order valence-electron chi connectivity index (χ4n) is 1.62. The lowest BCUT2D eigenvalue weighted by molar-refractivity contribution is -0.133. The van der Waals surface area contributed by atoms with Crippen LogP contribution in [0.3, 0.4) is 0 Å². The average Bonchev–Trinajstić information content (AvgIpc) is 2.65. The predicted molar refractivity (Wildman–Crippen MR) is 68.2 cm³/mol. The lowest BCUT2D eigenvalue weighted by Crippen LogP contribution is -2.02. The fraction of sp³-hybridized carbons (Fsp3) is 0.167. The number of fused-ring (bicyclic) bond motifs is 1. The Morgan fingerprint density at radius 2 is 2.39 bits per heavy atom. The lowest BCUT2D eigenvalue weighted by Gasteiger charge is -2.04. The van der Waals surface area contributed by atoms with Gasteiger partial charge >= 0.3 is 5.97 Å². The second kappa shape index (κ2) is 5.22. The smallest absolute Gasteiger partial charge is 0.313 e. The summed E-state index contributed by atoms with van der Waals surface area (Å²) in [5.41, 5.74) is 1.29. The largest absolute Gasteiger partial charge is 0.481 e. The van der Waals surface area contributed by atoms with Gasteiger partial charge in [-0.1, -0.05) is 17.8 Å². The molecule has 2 aromatic rings. The lowest BCUT2D eigenvalue weighted by atomic mass is 10.3. The number of hydrogen-bond donors (Lipinski definition) is 1. The van der Waals surface area contributed by atoms with Crippen LogP contribution in [-0.4, -0.2) is 26.4 Å². The Morgan fingerprint density at radius 1 is 1.61 bits per heavy atom. The van der Waals surface area contributed by atoms with Crippen molar-refractivity contribution in [2.75, 3.05) is 5.75 Å². The van der Waals surface area contributed by atoms with Gasteiger partial charge in [-0.25, -0.2) is 9.37 Å². The van der Waals surface area contributed by atoms with E-state index >= 15 is 0 Å². The van der Waals surface area contributed by atoms with Crippen LogP contribution in [0.15, 0.2) is 36.0 Å². The molecule has 18 heavy (non-hydrogen) atoms. The molecule has 1 aromatic heterocycles. The van der Waals surface area contributed by atoms with Gasteiger partial charge in [-0.3, -0.25) is 4.79 Å². The summed E-state index contributed by atoms with van der Waals surface area (Å²) in [7, 11) is 0. The van der Waals surface area contributed by atoms with Crippen LogP contribution in [0.2, 0.25) is 0 Å². The number of hydrogen-bond acceptors (Lipinski definition) is 3. The molecule has 1 aromatic carbocycles. The third kappa shape index (κ3) is 2.53. The van der Waals surface area contributed by atoms with Crippen molar-refractivity contribution >= 4 is 28.8 Å². The van der Waals surface area contributed by atoms with E-state index in [0.717, 1.165) is 11.8 Å². The van der Waals surface area contributed by atoms with Gasteiger partial charge in [0.1, 0.15) is 5.82 Å². The standard InChI is InChI=1S/C12H11FN2O2S/c1-2-5-15-10-6-8(13)3-4-9(10)14-12(15)18-7-11(16)17/h2-4,6H,1,5,7H2,(H,16,17). The number of thioether (sulfide) groups is 1. The summed E-state index contributed by atoms with van der Waals surface area (Å²) in [6.07, 6.45) is 1.66. The molecular weight excluding hydrogens is 255 g/mol. The summed E-state index contributed by atoms with van der Waals surface area (Å²) in [6, 6.07) is 4.30. The van der Waals surface area contributed by atoms with Crippen molar-refractivity contribution in [3.8, 4) is 0 Å². The summed E-state index contributed by atoms with van der Waals surface area (Å²) >= 11 is 1.11. The van der Waals surface area contributed by atoms with Gasteiger partial charge in [0.25, 0.3) is 0 Å². The molecule has 0 aliphatic heterocycles. The number of halogens is 1. The monoisotopic (exact) mass is 266 g/mol. The van der Waals surface area contributed by atoms with Gasteiger partial charge < -0.3 is 9.67 Å². The van der Waals surface area contributed by atoms with Crippen molar-refractivity contribution in [2.24, 2.45) is 0 Å². The van der Waals surface area contributed by atoms with Crippen LogP contribution in [0.4, 0.5) is 4.39 Å². The maximum absolute atomic E-state index is 13.2. The van der Waals surface area contributed by atoms with Crippen molar-refractivity contribution in [2.45, 2.75) is 11.7 Å². The molecule has 4 nitrogen and oxygen atoms in total. The maximum atomic E-state index is 13.2. The van der Waals surface area contributed by atoms with Crippen molar-refractivity contribution in [3.05, 3.63) is 36.7 Å². The highest BCUT2D eigenvalue weighted by Gasteiger charge is 2.12. The van der Waals surface area contributed by atoms with Crippen molar-refractivity contribution < 1.29 is 14.3 Å². The molecule has 2 rings (SSSR count). The Hall–Kier alpha value is -1.82. The minimum atomic E-state index is -0.914. The molecule has 0 radical (unpaired) electrons. The predicted octanol–water partition coefficient (Wildman–Crippen LogP) is 2.54. The summed E-state index contributed by atoms with van der Waals surface area (Å²) < 4.78 is 15.0. The van der Waals surface area contributed by atoms with E-state index in [2.05, 4.69) is 11.6 Å². The Morgan fingerprint density at radius 3 is 3.06 bits per heavy atom. The number of allylic oxidation sites excluding steroid dienone is 1. The number of benzene rings is 1. The Labute approximate surface area is 107 Å². The first kappa shape index (κ1) is 12.6. The molecule has 0 saturated carbocycles. The zero-order chi connectivity index (χ0) is 13.1. The highest BCUT2D eigenvalue weighted by molar-refractivity contribution is 7.99. The van der Waals surface area contributed by atoms with E-state index in [1.807, 2.05) is 0 Å². The van der Waals surface area contributed by atoms with Crippen molar-refractivity contribution in [1.82, 2.24) is 9.55 Å². The molecule has 1 N–H and O–H groups in total. The maximum Gasteiger partial charge on any atom is 0.313 e. The van der Waals surface area contributed by atoms with Gasteiger partial charge in [-0.2, -0.15) is 0 Å². The van der Waals surface area contributed by atoms with Crippen LogP contribution < -0.4 is 0 Å². The number of nitrogens with zero attached hydrogens (tertiary/aromatic N) is 2. The van der Waals surface area contributed by atoms with Gasteiger partial charge in [0, 0.05) is 6.54 Å². The van der Waals surface area contributed by atoms with Gasteiger partial charge in [0.2, 0.25) is 0 Å². The third-order valence-electron chi connectivity index (χ3n) is 2.31. The SMILES string of the molecule is C=CCn1c(SCC(=O)O)nc2ccc(F)cc21. The minimum absolute atomic E-state index is 0.0804. The number of imidazole rings is 1. The molecule has 0 bridgehead atoms. The number of aliphatic carboxylic acids is 1. The molecule has 0 fully saturated rings. The molecule has 0 amide bonds. The molecule has 0 saturated heterocycles. The number of carboxylic acids is 1. The second-order valence-corrected chi connectivity index (χ2v) is 4.55. The molecule has 0 spiro atoms.